The Balaban J connectivity index is 1.62. The topological polar surface area (TPSA) is 81.0 Å². The second kappa shape index (κ2) is 10.5. The summed E-state index contributed by atoms with van der Waals surface area (Å²) in [5.41, 5.74) is 2.52. The molecule has 4 rings (SSSR count). The minimum absolute atomic E-state index is 0.211. The van der Waals surface area contributed by atoms with Crippen LogP contribution in [0.5, 0.6) is 0 Å². The molecule has 3 aromatic rings. The van der Waals surface area contributed by atoms with Crippen LogP contribution in [0.15, 0.2) is 52.4 Å². The Morgan fingerprint density at radius 1 is 1.15 bits per heavy atom. The smallest absolute Gasteiger partial charge is 0.279 e. The number of ether oxygens (including phenoxy) is 1. The zero-order chi connectivity index (χ0) is 24.3. The molecule has 7 nitrogen and oxygen atoms in total. The van der Waals surface area contributed by atoms with E-state index in [0.717, 1.165) is 28.6 Å². The molecule has 1 fully saturated rings. The van der Waals surface area contributed by atoms with Crippen LogP contribution < -0.4 is 4.80 Å². The molecule has 0 aliphatic carbocycles. The minimum Gasteiger partial charge on any atom is -0.380 e. The number of carbonyl (C=O) groups excluding carboxylic acids is 1. The Morgan fingerprint density at radius 3 is 2.53 bits per heavy atom. The fraction of sp³-hybridized carbons (Fsp3) is 0.440. The highest BCUT2D eigenvalue weighted by Crippen LogP contribution is 2.24. The van der Waals surface area contributed by atoms with E-state index in [1.807, 2.05) is 36.6 Å². The summed E-state index contributed by atoms with van der Waals surface area (Å²) in [6.45, 7) is 8.95. The van der Waals surface area contributed by atoms with Crippen LogP contribution in [-0.4, -0.2) is 49.5 Å². The van der Waals surface area contributed by atoms with E-state index in [9.17, 15) is 13.2 Å². The van der Waals surface area contributed by atoms with Crippen molar-refractivity contribution in [1.29, 1.82) is 0 Å². The molecule has 0 unspecified atom stereocenters. The van der Waals surface area contributed by atoms with Crippen molar-refractivity contribution in [2.75, 3.05) is 26.3 Å². The fourth-order valence-corrected chi connectivity index (χ4v) is 6.80. The van der Waals surface area contributed by atoms with Gasteiger partial charge in [0.2, 0.25) is 10.0 Å². The van der Waals surface area contributed by atoms with E-state index >= 15 is 0 Å². The second-order valence-electron chi connectivity index (χ2n) is 8.68. The number of nitrogens with zero attached hydrogens (tertiary/aromatic N) is 3. The summed E-state index contributed by atoms with van der Waals surface area (Å²) in [6.07, 6.45) is 1.74. The normalized spacial score (nSPS) is 16.4. The Morgan fingerprint density at radius 2 is 1.85 bits per heavy atom. The monoisotopic (exact) mass is 501 g/mol. The van der Waals surface area contributed by atoms with Gasteiger partial charge in [-0.2, -0.15) is 9.30 Å². The molecule has 1 saturated heterocycles. The molecule has 0 saturated carbocycles. The number of aromatic nitrogens is 1. The zero-order valence-corrected chi connectivity index (χ0v) is 21.5. The van der Waals surface area contributed by atoms with Crippen molar-refractivity contribution in [2.45, 2.75) is 45.1 Å². The number of benzene rings is 2. The maximum atomic E-state index is 13.0. The van der Waals surface area contributed by atoms with Crippen LogP contribution >= 0.6 is 11.3 Å². The average Bonchev–Trinajstić information content (AvgIpc) is 3.18. The molecule has 1 aliphatic heterocycles. The molecule has 0 radical (unpaired) electrons. The molecule has 1 aliphatic rings. The van der Waals surface area contributed by atoms with Crippen molar-refractivity contribution < 1.29 is 17.9 Å². The third kappa shape index (κ3) is 5.17. The summed E-state index contributed by atoms with van der Waals surface area (Å²) in [5.74, 6) is 0.146. The molecule has 1 aromatic heterocycles. The Bertz CT molecular complexity index is 1330. The van der Waals surface area contributed by atoms with Crippen LogP contribution in [-0.2, 0) is 21.3 Å². The lowest BCUT2D eigenvalue weighted by atomic mass is 10.0. The van der Waals surface area contributed by atoms with Crippen LogP contribution in [0.2, 0.25) is 0 Å². The minimum atomic E-state index is -3.55. The summed E-state index contributed by atoms with van der Waals surface area (Å²) >= 11 is 1.46. The second-order valence-corrected chi connectivity index (χ2v) is 11.6. The first-order chi connectivity index (χ1) is 16.3. The average molecular weight is 502 g/mol. The van der Waals surface area contributed by atoms with Crippen molar-refractivity contribution in [2.24, 2.45) is 10.9 Å². The van der Waals surface area contributed by atoms with Crippen LogP contribution in [0.1, 0.15) is 42.6 Å². The van der Waals surface area contributed by atoms with E-state index in [0.29, 0.717) is 49.1 Å². The Hall–Kier alpha value is -2.33. The van der Waals surface area contributed by atoms with Crippen LogP contribution in [0.3, 0.4) is 0 Å². The van der Waals surface area contributed by atoms with Gasteiger partial charge >= 0.3 is 0 Å². The van der Waals surface area contributed by atoms with E-state index in [4.69, 9.17) is 4.74 Å². The van der Waals surface area contributed by atoms with Gasteiger partial charge in [-0.1, -0.05) is 30.4 Å². The summed E-state index contributed by atoms with van der Waals surface area (Å²) in [6, 6.07) is 12.2. The number of para-hydroxylation sites is 1. The van der Waals surface area contributed by atoms with E-state index in [2.05, 4.69) is 11.9 Å². The van der Waals surface area contributed by atoms with E-state index in [1.165, 1.54) is 27.8 Å². The van der Waals surface area contributed by atoms with Crippen LogP contribution in [0.25, 0.3) is 10.2 Å². The van der Waals surface area contributed by atoms with Gasteiger partial charge in [0.25, 0.3) is 5.91 Å². The van der Waals surface area contributed by atoms with Gasteiger partial charge in [-0.25, -0.2) is 8.42 Å². The predicted molar refractivity (Wildman–Crippen MR) is 135 cm³/mol. The number of fused-ring (bicyclic) bond motifs is 1. The van der Waals surface area contributed by atoms with Crippen LogP contribution in [0.4, 0.5) is 0 Å². The molecule has 0 atom stereocenters. The lowest BCUT2D eigenvalue weighted by Crippen LogP contribution is -2.37. The lowest BCUT2D eigenvalue weighted by Gasteiger charge is -2.29. The van der Waals surface area contributed by atoms with Gasteiger partial charge in [0.1, 0.15) is 0 Å². The number of amides is 1. The highest BCUT2D eigenvalue weighted by molar-refractivity contribution is 7.89. The highest BCUT2D eigenvalue weighted by atomic mass is 32.2. The molecular weight excluding hydrogens is 470 g/mol. The van der Waals surface area contributed by atoms with E-state index in [1.54, 1.807) is 12.1 Å². The van der Waals surface area contributed by atoms with Gasteiger partial charge in [0.15, 0.2) is 4.80 Å². The molecular formula is C25H31N3O4S2. The van der Waals surface area contributed by atoms with Gasteiger partial charge < -0.3 is 9.30 Å². The number of hydrogen-bond donors (Lipinski definition) is 0. The van der Waals surface area contributed by atoms with Gasteiger partial charge in [0.05, 0.1) is 21.7 Å². The van der Waals surface area contributed by atoms with Gasteiger partial charge in [-0.15, -0.1) is 0 Å². The summed E-state index contributed by atoms with van der Waals surface area (Å²) in [4.78, 5) is 18.2. The first-order valence-corrected chi connectivity index (χ1v) is 13.9. The quantitative estimate of drug-likeness (QED) is 0.454. The molecule has 0 N–H and O–H groups in total. The van der Waals surface area contributed by atoms with Crippen molar-refractivity contribution >= 4 is 37.5 Å². The predicted octanol–water partition coefficient (Wildman–Crippen LogP) is 4.21. The third-order valence-electron chi connectivity index (χ3n) is 6.24. The number of sulfonamides is 1. The highest BCUT2D eigenvalue weighted by Gasteiger charge is 2.28. The van der Waals surface area contributed by atoms with E-state index < -0.39 is 15.9 Å². The molecule has 0 bridgehead atoms. The maximum absolute atomic E-state index is 13.0. The summed E-state index contributed by atoms with van der Waals surface area (Å²) in [7, 11) is -3.55. The van der Waals surface area contributed by atoms with Crippen molar-refractivity contribution in [1.82, 2.24) is 8.87 Å². The lowest BCUT2D eigenvalue weighted by molar-refractivity contribution is 0.0996. The van der Waals surface area contributed by atoms with Crippen molar-refractivity contribution in [3.63, 3.8) is 0 Å². The number of aryl methyl sites for hydroxylation is 1. The number of carbonyl (C=O) groups is 1. The van der Waals surface area contributed by atoms with Crippen LogP contribution in [0, 0.1) is 12.8 Å². The maximum Gasteiger partial charge on any atom is 0.279 e. The van der Waals surface area contributed by atoms with Crippen molar-refractivity contribution in [3.8, 4) is 0 Å². The molecule has 0 spiro atoms. The number of hydrogen-bond acceptors (Lipinski definition) is 5. The van der Waals surface area contributed by atoms with Crippen molar-refractivity contribution in [3.05, 3.63) is 58.4 Å². The Kier molecular flexibility index (Phi) is 7.67. The Labute approximate surface area is 204 Å². The summed E-state index contributed by atoms with van der Waals surface area (Å²) in [5, 5.41) is 0. The molecule has 34 heavy (non-hydrogen) atoms. The van der Waals surface area contributed by atoms with Gasteiger partial charge in [0, 0.05) is 31.8 Å². The standard InChI is InChI=1S/C25H31N3O4S2/c1-4-32-17-16-28-23-19(3)6-5-7-22(23)33-25(28)26-24(29)20-8-10-21(11-9-20)34(30,31)27-14-12-18(2)13-15-27/h5-11,18H,4,12-17H2,1-3H3. The third-order valence-corrected chi connectivity index (χ3v) is 9.20. The molecule has 9 heteroatoms. The van der Waals surface area contributed by atoms with Gasteiger partial charge in [-0.05, 0) is 68.5 Å². The first-order valence-electron chi connectivity index (χ1n) is 11.7. The number of thiazole rings is 1. The molecule has 2 aromatic carbocycles. The molecule has 2 heterocycles. The zero-order valence-electron chi connectivity index (χ0n) is 19.9. The fourth-order valence-electron chi connectivity index (χ4n) is 4.20. The van der Waals surface area contributed by atoms with Gasteiger partial charge in [-0.3, -0.25) is 4.79 Å². The molecule has 1 amide bonds. The molecule has 182 valence electrons. The number of rotatable bonds is 7. The largest absolute Gasteiger partial charge is 0.380 e. The SMILES string of the molecule is CCOCCn1c(=NC(=O)c2ccc(S(=O)(=O)N3CCC(C)CC3)cc2)sc2cccc(C)c21. The first kappa shape index (κ1) is 24.8. The number of piperidine rings is 1. The van der Waals surface area contributed by atoms with E-state index in [-0.39, 0.29) is 4.90 Å². The summed E-state index contributed by atoms with van der Waals surface area (Å²) < 4.78 is 36.1.